The van der Waals surface area contributed by atoms with Gasteiger partial charge in [0.2, 0.25) is 0 Å². The van der Waals surface area contributed by atoms with Crippen molar-refractivity contribution in [3.8, 4) is 6.19 Å². The van der Waals surface area contributed by atoms with E-state index in [1.54, 1.807) is 6.19 Å². The predicted octanol–water partition coefficient (Wildman–Crippen LogP) is 0.813. The number of hydrogen-bond donors (Lipinski definition) is 8. The van der Waals surface area contributed by atoms with E-state index in [0.29, 0.717) is 13.1 Å². The van der Waals surface area contributed by atoms with Crippen LogP contribution in [0.25, 0.3) is 0 Å². The monoisotopic (exact) mass is 393 g/mol. The van der Waals surface area contributed by atoms with Crippen molar-refractivity contribution >= 4 is 24.6 Å². The first kappa shape index (κ1) is 25.3. The van der Waals surface area contributed by atoms with E-state index < -0.39 is 0 Å². The van der Waals surface area contributed by atoms with E-state index in [2.05, 4.69) is 28.0 Å². The second-order valence-corrected chi connectivity index (χ2v) is 6.55. The Balaban J connectivity index is 3.52. The number of hydrogen-bond acceptors (Lipinski definition) is 5. The molecule has 0 saturated heterocycles. The first-order valence-corrected chi connectivity index (χ1v) is 9.95. The molecule has 0 aromatic heterocycles. The number of nitrogens with two attached hydrogens (primary N) is 1. The molecule has 0 spiro atoms. The lowest BCUT2D eigenvalue weighted by molar-refractivity contribution is -0.404. The maximum Gasteiger partial charge on any atom is 0.397 e. The second kappa shape index (κ2) is 17.7. The van der Waals surface area contributed by atoms with Gasteiger partial charge in [0.05, 0.1) is 6.54 Å². The summed E-state index contributed by atoms with van der Waals surface area (Å²) in [5.41, 5.74) is 5.45. The molecule has 0 rings (SSSR count). The fourth-order valence-corrected chi connectivity index (χ4v) is 2.46. The summed E-state index contributed by atoms with van der Waals surface area (Å²) in [4.78, 5) is 0. The molecule has 158 valence electrons. The molecule has 0 atom stereocenters. The minimum atomic E-state index is 0.00587. The standard InChI is InChI=1S/C18H37N10/c1-28(18(23)26-15-20)14-10-6-5-9-13-25-17(22)27-16(21)24-12-8-4-2-3-7-11-19/h1-14,19H2,(H2,23,26)(H5,21,22,24,25,27)/q+1. The quantitative estimate of drug-likeness (QED) is 0.0541. The smallest absolute Gasteiger partial charge is 0.356 e. The Morgan fingerprint density at radius 1 is 0.857 bits per heavy atom. The van der Waals surface area contributed by atoms with Crippen LogP contribution >= 0.6 is 0 Å². The van der Waals surface area contributed by atoms with Gasteiger partial charge in [-0.15, -0.1) is 5.41 Å². The van der Waals surface area contributed by atoms with Crippen LogP contribution in [0.3, 0.4) is 0 Å². The highest BCUT2D eigenvalue weighted by atomic mass is 15.2. The lowest BCUT2D eigenvalue weighted by Gasteiger charge is -2.12. The minimum Gasteiger partial charge on any atom is -0.356 e. The third-order valence-corrected chi connectivity index (χ3v) is 4.08. The van der Waals surface area contributed by atoms with Crippen molar-refractivity contribution in [2.75, 3.05) is 26.2 Å². The summed E-state index contributed by atoms with van der Waals surface area (Å²) in [5.74, 6) is 0.273. The predicted molar refractivity (Wildman–Crippen MR) is 114 cm³/mol. The van der Waals surface area contributed by atoms with Crippen molar-refractivity contribution in [3.63, 3.8) is 0 Å². The van der Waals surface area contributed by atoms with Gasteiger partial charge < -0.3 is 16.4 Å². The third-order valence-electron chi connectivity index (χ3n) is 4.08. The van der Waals surface area contributed by atoms with Gasteiger partial charge in [0.25, 0.3) is 6.19 Å². The van der Waals surface area contributed by atoms with Gasteiger partial charge in [0, 0.05) is 19.8 Å². The summed E-state index contributed by atoms with van der Waals surface area (Å²) in [6, 6.07) is 0. The molecule has 10 nitrogen and oxygen atoms in total. The number of unbranched alkanes of at least 4 members (excludes halogenated alkanes) is 7. The fraction of sp³-hybridized carbons (Fsp3) is 0.722. The molecule has 0 heterocycles. The molecule has 28 heavy (non-hydrogen) atoms. The molecule has 0 aromatic carbocycles. The van der Waals surface area contributed by atoms with Crippen LogP contribution in [0.15, 0.2) is 0 Å². The summed E-state index contributed by atoms with van der Waals surface area (Å²) in [5, 5.41) is 42.3. The Bertz CT molecular complexity index is 523. The lowest BCUT2D eigenvalue weighted by Crippen LogP contribution is -2.46. The molecule has 0 aromatic rings. The van der Waals surface area contributed by atoms with Gasteiger partial charge in [-0.1, -0.05) is 32.1 Å². The number of nitrogens with zero attached hydrogens (tertiary/aromatic N) is 2. The molecule has 0 aliphatic heterocycles. The molecule has 0 saturated carbocycles. The second-order valence-electron chi connectivity index (χ2n) is 6.55. The van der Waals surface area contributed by atoms with Crippen LogP contribution in [0.2, 0.25) is 0 Å². The van der Waals surface area contributed by atoms with E-state index in [0.717, 1.165) is 64.5 Å². The molecular formula is C18H37N10+. The van der Waals surface area contributed by atoms with Crippen LogP contribution in [-0.4, -0.2) is 55.4 Å². The lowest BCUT2D eigenvalue weighted by atomic mass is 10.1. The fourth-order valence-electron chi connectivity index (χ4n) is 2.46. The van der Waals surface area contributed by atoms with Crippen molar-refractivity contribution in [1.29, 1.82) is 21.5 Å². The zero-order valence-electron chi connectivity index (χ0n) is 16.9. The highest BCUT2D eigenvalue weighted by Crippen LogP contribution is 2.01. The van der Waals surface area contributed by atoms with E-state index >= 15 is 0 Å². The highest BCUT2D eigenvalue weighted by Gasteiger charge is 2.06. The maximum atomic E-state index is 8.44. The molecule has 0 aliphatic rings. The summed E-state index contributed by atoms with van der Waals surface area (Å²) < 4.78 is 1.46. The van der Waals surface area contributed by atoms with Crippen LogP contribution < -0.4 is 27.0 Å². The van der Waals surface area contributed by atoms with Crippen LogP contribution in [0, 0.1) is 27.7 Å². The normalized spacial score (nSPS) is 9.86. The van der Waals surface area contributed by atoms with Gasteiger partial charge in [-0.05, 0) is 32.2 Å². The molecular weight excluding hydrogens is 356 g/mol. The van der Waals surface area contributed by atoms with Crippen molar-refractivity contribution in [3.05, 3.63) is 0 Å². The van der Waals surface area contributed by atoms with Crippen molar-refractivity contribution in [2.24, 2.45) is 5.73 Å². The molecule has 0 aliphatic carbocycles. The molecule has 0 unspecified atom stereocenters. The Labute approximate surface area is 168 Å². The van der Waals surface area contributed by atoms with Crippen molar-refractivity contribution in [2.45, 2.75) is 57.8 Å². The van der Waals surface area contributed by atoms with Crippen LogP contribution in [-0.2, 0) is 0 Å². The van der Waals surface area contributed by atoms with Crippen molar-refractivity contribution in [1.82, 2.24) is 21.3 Å². The van der Waals surface area contributed by atoms with E-state index in [1.807, 2.05) is 0 Å². The minimum absolute atomic E-state index is 0.00587. The van der Waals surface area contributed by atoms with Crippen LogP contribution in [0.4, 0.5) is 0 Å². The summed E-state index contributed by atoms with van der Waals surface area (Å²) in [6.45, 7) is 6.47. The SMILES string of the molecule is C=[N+](CCCCCCNC(=N)NC(=N)NCCCCCCCN)C(=N)NC#N. The molecule has 9 N–H and O–H groups in total. The van der Waals surface area contributed by atoms with Gasteiger partial charge >= 0.3 is 5.96 Å². The Hall–Kier alpha value is -2.67. The van der Waals surface area contributed by atoms with Gasteiger partial charge in [0.15, 0.2) is 11.9 Å². The Kier molecular flexibility index (Phi) is 16.0. The highest BCUT2D eigenvalue weighted by molar-refractivity contribution is 5.95. The van der Waals surface area contributed by atoms with Gasteiger partial charge in [-0.2, -0.15) is 10.6 Å². The van der Waals surface area contributed by atoms with Gasteiger partial charge in [-0.3, -0.25) is 16.1 Å². The first-order chi connectivity index (χ1) is 13.5. The average Bonchev–Trinajstić information content (AvgIpc) is 2.66. The first-order valence-electron chi connectivity index (χ1n) is 9.95. The van der Waals surface area contributed by atoms with E-state index in [4.69, 9.17) is 27.2 Å². The number of rotatable bonds is 14. The van der Waals surface area contributed by atoms with Crippen LogP contribution in [0.1, 0.15) is 57.8 Å². The van der Waals surface area contributed by atoms with Crippen molar-refractivity contribution < 1.29 is 4.58 Å². The Morgan fingerprint density at radius 2 is 1.36 bits per heavy atom. The number of nitrogens with one attached hydrogen (secondary N) is 7. The number of guanidine groups is 3. The average molecular weight is 394 g/mol. The van der Waals surface area contributed by atoms with E-state index in [1.165, 1.54) is 11.0 Å². The third kappa shape index (κ3) is 15.6. The Morgan fingerprint density at radius 3 is 1.89 bits per heavy atom. The zero-order chi connectivity index (χ0) is 21.0. The molecule has 0 radical (unpaired) electrons. The summed E-state index contributed by atoms with van der Waals surface area (Å²) >= 11 is 0. The molecule has 0 fully saturated rings. The maximum absolute atomic E-state index is 8.44. The largest absolute Gasteiger partial charge is 0.397 e. The molecule has 10 heteroatoms. The van der Waals surface area contributed by atoms with E-state index in [-0.39, 0.29) is 17.9 Å². The topological polar surface area (TPSA) is 172 Å². The molecule has 0 bridgehead atoms. The number of nitriles is 1. The van der Waals surface area contributed by atoms with Crippen LogP contribution in [0.5, 0.6) is 0 Å². The van der Waals surface area contributed by atoms with Gasteiger partial charge in [0.1, 0.15) is 0 Å². The summed E-state index contributed by atoms with van der Waals surface area (Å²) in [6.07, 6.45) is 11.0. The van der Waals surface area contributed by atoms with E-state index in [9.17, 15) is 0 Å². The zero-order valence-corrected chi connectivity index (χ0v) is 16.9. The molecule has 0 amide bonds. The van der Waals surface area contributed by atoms with Gasteiger partial charge in [-0.25, -0.2) is 4.58 Å². The summed E-state index contributed by atoms with van der Waals surface area (Å²) in [7, 11) is 0.